The molecule has 3 rings (SSSR count). The number of aromatic nitrogens is 2. The van der Waals surface area contributed by atoms with Crippen molar-refractivity contribution in [1.29, 1.82) is 0 Å². The molecule has 9 nitrogen and oxygen atoms in total. The Morgan fingerprint density at radius 1 is 0.759 bits per heavy atom. The van der Waals surface area contributed by atoms with Gasteiger partial charge in [0.25, 0.3) is 0 Å². The molecule has 2 heterocycles. The highest BCUT2D eigenvalue weighted by atomic mass is 16.6. The Bertz CT molecular complexity index is 811. The Morgan fingerprint density at radius 3 is 1.31 bits per heavy atom. The lowest BCUT2D eigenvalue weighted by molar-refractivity contribution is -0.386. The van der Waals surface area contributed by atoms with Gasteiger partial charge in [-0.1, -0.05) is 6.07 Å². The fourth-order valence-corrected chi connectivity index (χ4v) is 1.99. The van der Waals surface area contributed by atoms with Crippen molar-refractivity contribution >= 4 is 17.1 Å². The van der Waals surface area contributed by atoms with Crippen LogP contribution >= 0.6 is 0 Å². The number of pyridine rings is 2. The maximum Gasteiger partial charge on any atom is 0.351 e. The van der Waals surface area contributed by atoms with Crippen molar-refractivity contribution in [2.24, 2.45) is 0 Å². The van der Waals surface area contributed by atoms with E-state index in [9.17, 15) is 10.1 Å². The summed E-state index contributed by atoms with van der Waals surface area (Å²) in [5, 5.41) is 27.8. The number of hydrogen-bond donors (Lipinski definition) is 2. The minimum Gasteiger partial charge on any atom is -0.502 e. The molecular formula is C20H25N5O4. The lowest BCUT2D eigenvalue weighted by Crippen LogP contribution is -2.07. The molecule has 29 heavy (non-hydrogen) atoms. The van der Waals surface area contributed by atoms with Gasteiger partial charge in [-0.3, -0.25) is 20.1 Å². The molecule has 0 amide bonds. The highest BCUT2D eigenvalue weighted by molar-refractivity contribution is 5.55. The van der Waals surface area contributed by atoms with E-state index in [2.05, 4.69) is 9.97 Å². The normalized spacial score (nSPS) is 9.24. The minimum absolute atomic E-state index is 0.532. The van der Waals surface area contributed by atoms with Crippen molar-refractivity contribution in [2.75, 3.05) is 38.0 Å². The number of nitro benzene ring substituents is 1. The molecule has 0 spiro atoms. The summed E-state index contributed by atoms with van der Waals surface area (Å²) in [7, 11) is 8.04. The molecule has 2 N–H and O–H groups in total. The third kappa shape index (κ3) is 8.12. The van der Waals surface area contributed by atoms with Crippen LogP contribution in [0, 0.1) is 10.1 Å². The van der Waals surface area contributed by atoms with Crippen molar-refractivity contribution < 1.29 is 15.1 Å². The summed E-state index contributed by atoms with van der Waals surface area (Å²) < 4.78 is 0. The molecule has 0 aliphatic carbocycles. The predicted molar refractivity (Wildman–Crippen MR) is 114 cm³/mol. The topological polar surface area (TPSA) is 116 Å². The van der Waals surface area contributed by atoms with Crippen LogP contribution in [0.2, 0.25) is 0 Å². The van der Waals surface area contributed by atoms with Crippen molar-refractivity contribution in [2.45, 2.75) is 0 Å². The van der Waals surface area contributed by atoms with Gasteiger partial charge in [0.05, 0.1) is 4.92 Å². The summed E-state index contributed by atoms with van der Waals surface area (Å²) in [4.78, 5) is 21.2. The fourth-order valence-electron chi connectivity index (χ4n) is 1.99. The van der Waals surface area contributed by atoms with Gasteiger partial charge in [-0.15, -0.1) is 0 Å². The van der Waals surface area contributed by atoms with E-state index in [4.69, 9.17) is 10.2 Å². The monoisotopic (exact) mass is 399 g/mol. The Labute approximate surface area is 169 Å². The predicted octanol–water partition coefficient (Wildman–Crippen LogP) is 3.30. The number of phenols is 2. The third-order valence-corrected chi connectivity index (χ3v) is 3.53. The van der Waals surface area contributed by atoms with E-state index in [0.717, 1.165) is 12.1 Å². The number of rotatable bonds is 3. The van der Waals surface area contributed by atoms with Gasteiger partial charge in [0.15, 0.2) is 11.5 Å². The number of hydrogen-bond acceptors (Lipinski definition) is 8. The average molecular weight is 399 g/mol. The quantitative estimate of drug-likeness (QED) is 0.509. The largest absolute Gasteiger partial charge is 0.502 e. The Kier molecular flexibility index (Phi) is 9.39. The molecule has 0 radical (unpaired) electrons. The number of nitro groups is 1. The Balaban J connectivity index is 0.000000219. The standard InChI is InChI=1S/2C7H10N2.C6H5NO4/c2*1-9(2)7-3-5-8-6-4-7;8-4-2-1-3-5(9)6(4)7(10)11/h2*3-6H,1-2H3;1-3,8-9H. The van der Waals surface area contributed by atoms with Gasteiger partial charge in [-0.2, -0.15) is 0 Å². The molecule has 3 aromatic rings. The fraction of sp³-hybridized carbons (Fsp3) is 0.200. The molecule has 0 aliphatic rings. The van der Waals surface area contributed by atoms with Crippen LogP contribution in [-0.4, -0.2) is 53.3 Å². The molecule has 0 saturated carbocycles. The molecule has 0 unspecified atom stereocenters. The Hall–Kier alpha value is -3.88. The summed E-state index contributed by atoms with van der Waals surface area (Å²) in [6, 6.07) is 11.5. The van der Waals surface area contributed by atoms with E-state index in [-0.39, 0.29) is 0 Å². The SMILES string of the molecule is CN(C)c1ccncc1.CN(C)c1ccncc1.O=[N+]([O-])c1c(O)cccc1O. The smallest absolute Gasteiger partial charge is 0.351 e. The first kappa shape index (κ1) is 23.2. The summed E-state index contributed by atoms with van der Waals surface area (Å²) in [5.41, 5.74) is 1.71. The van der Waals surface area contributed by atoms with Crippen LogP contribution < -0.4 is 9.80 Å². The second kappa shape index (κ2) is 11.8. The van der Waals surface area contributed by atoms with E-state index < -0.39 is 22.1 Å². The maximum absolute atomic E-state index is 10.1. The minimum atomic E-state index is -0.843. The first-order chi connectivity index (χ1) is 13.7. The van der Waals surface area contributed by atoms with Crippen LogP contribution in [0.3, 0.4) is 0 Å². The molecule has 0 saturated heterocycles. The zero-order chi connectivity index (χ0) is 21.8. The molecule has 0 fully saturated rings. The van der Waals surface area contributed by atoms with Crippen molar-refractivity contribution in [3.05, 3.63) is 77.4 Å². The van der Waals surface area contributed by atoms with E-state index in [1.165, 1.54) is 17.4 Å². The van der Waals surface area contributed by atoms with Gasteiger partial charge in [-0.25, -0.2) is 0 Å². The summed E-state index contributed by atoms with van der Waals surface area (Å²) >= 11 is 0. The Morgan fingerprint density at radius 2 is 1.10 bits per heavy atom. The molecule has 0 bridgehead atoms. The highest BCUT2D eigenvalue weighted by Crippen LogP contribution is 2.33. The van der Waals surface area contributed by atoms with Crippen LogP contribution in [0.25, 0.3) is 0 Å². The van der Waals surface area contributed by atoms with Crippen LogP contribution in [0.1, 0.15) is 0 Å². The van der Waals surface area contributed by atoms with Crippen molar-refractivity contribution in [3.63, 3.8) is 0 Å². The number of nitrogens with zero attached hydrogens (tertiary/aromatic N) is 5. The summed E-state index contributed by atoms with van der Waals surface area (Å²) in [6.45, 7) is 0. The molecular weight excluding hydrogens is 374 g/mol. The number of aromatic hydroxyl groups is 2. The van der Waals surface area contributed by atoms with Gasteiger partial charge < -0.3 is 20.0 Å². The first-order valence-electron chi connectivity index (χ1n) is 8.54. The second-order valence-electron chi connectivity index (χ2n) is 6.10. The third-order valence-electron chi connectivity index (χ3n) is 3.53. The van der Waals surface area contributed by atoms with Gasteiger partial charge in [0.2, 0.25) is 0 Å². The van der Waals surface area contributed by atoms with Gasteiger partial charge in [0, 0.05) is 64.4 Å². The average Bonchev–Trinajstić information content (AvgIpc) is 2.70. The molecule has 9 heteroatoms. The first-order valence-corrected chi connectivity index (χ1v) is 8.54. The van der Waals surface area contributed by atoms with Gasteiger partial charge in [-0.05, 0) is 36.4 Å². The van der Waals surface area contributed by atoms with E-state index in [1.807, 2.05) is 62.3 Å². The lowest BCUT2D eigenvalue weighted by atomic mass is 10.3. The van der Waals surface area contributed by atoms with Gasteiger partial charge >= 0.3 is 5.69 Å². The highest BCUT2D eigenvalue weighted by Gasteiger charge is 2.17. The van der Waals surface area contributed by atoms with E-state index in [1.54, 1.807) is 24.8 Å². The van der Waals surface area contributed by atoms with Crippen molar-refractivity contribution in [1.82, 2.24) is 9.97 Å². The van der Waals surface area contributed by atoms with E-state index in [0.29, 0.717) is 0 Å². The number of benzene rings is 1. The number of para-hydroxylation sites is 1. The molecule has 2 aromatic heterocycles. The van der Waals surface area contributed by atoms with Crippen LogP contribution in [-0.2, 0) is 0 Å². The zero-order valence-corrected chi connectivity index (χ0v) is 16.8. The van der Waals surface area contributed by atoms with E-state index >= 15 is 0 Å². The van der Waals surface area contributed by atoms with Crippen molar-refractivity contribution in [3.8, 4) is 11.5 Å². The second-order valence-corrected chi connectivity index (χ2v) is 6.10. The van der Waals surface area contributed by atoms with Crippen LogP contribution in [0.4, 0.5) is 17.1 Å². The molecule has 0 atom stereocenters. The number of phenolic OH excluding ortho intramolecular Hbond substituents is 2. The molecule has 1 aromatic carbocycles. The molecule has 154 valence electrons. The van der Waals surface area contributed by atoms with Crippen LogP contribution in [0.5, 0.6) is 11.5 Å². The zero-order valence-electron chi connectivity index (χ0n) is 16.8. The lowest BCUT2D eigenvalue weighted by Gasteiger charge is -2.10. The summed E-state index contributed by atoms with van der Waals surface area (Å²) in [5.74, 6) is -1.06. The van der Waals surface area contributed by atoms with Crippen LogP contribution in [0.15, 0.2) is 67.3 Å². The number of anilines is 2. The maximum atomic E-state index is 10.1. The summed E-state index contributed by atoms with van der Waals surface area (Å²) in [6.07, 6.45) is 7.15. The molecule has 0 aliphatic heterocycles. The van der Waals surface area contributed by atoms with Gasteiger partial charge in [0.1, 0.15) is 0 Å².